The second kappa shape index (κ2) is 7.11. The van der Waals surface area contributed by atoms with E-state index in [4.69, 9.17) is 0 Å². The molecule has 0 aliphatic carbocycles. The molecule has 0 radical (unpaired) electrons. The Bertz CT molecular complexity index is 516. The third kappa shape index (κ3) is 3.74. The minimum Gasteiger partial charge on any atom is -0.385 e. The van der Waals surface area contributed by atoms with Gasteiger partial charge in [0.1, 0.15) is 0 Å². The maximum atomic E-state index is 12.6. The molecule has 1 unspecified atom stereocenters. The van der Waals surface area contributed by atoms with E-state index < -0.39 is 0 Å². The van der Waals surface area contributed by atoms with Crippen molar-refractivity contribution < 1.29 is 9.59 Å². The van der Waals surface area contributed by atoms with Crippen LogP contribution in [0.5, 0.6) is 0 Å². The van der Waals surface area contributed by atoms with E-state index in [9.17, 15) is 9.59 Å². The van der Waals surface area contributed by atoms with E-state index >= 15 is 0 Å². The van der Waals surface area contributed by atoms with Crippen LogP contribution in [0.15, 0.2) is 24.3 Å². The van der Waals surface area contributed by atoms with Crippen LogP contribution in [0.2, 0.25) is 0 Å². The number of carbonyl (C=O) groups excluding carboxylic acids is 2. The fourth-order valence-electron chi connectivity index (χ4n) is 2.60. The van der Waals surface area contributed by atoms with E-state index in [0.29, 0.717) is 6.54 Å². The van der Waals surface area contributed by atoms with Gasteiger partial charge in [0.25, 0.3) is 0 Å². The quantitative estimate of drug-likeness (QED) is 0.865. The smallest absolute Gasteiger partial charge is 0.239 e. The molecule has 0 aromatic heterocycles. The van der Waals surface area contributed by atoms with Gasteiger partial charge in [-0.2, -0.15) is 0 Å². The summed E-state index contributed by atoms with van der Waals surface area (Å²) in [6.45, 7) is 3.55. The molecule has 2 amide bonds. The topological polar surface area (TPSA) is 61.4 Å². The number of rotatable bonds is 5. The first-order valence-electron chi connectivity index (χ1n) is 7.48. The van der Waals surface area contributed by atoms with Crippen molar-refractivity contribution in [2.24, 2.45) is 0 Å². The van der Waals surface area contributed by atoms with Crippen molar-refractivity contribution in [3.8, 4) is 0 Å². The number of amides is 2. The number of anilines is 1. The van der Waals surface area contributed by atoms with Crippen LogP contribution in [0.3, 0.4) is 0 Å². The minimum absolute atomic E-state index is 0.00981. The van der Waals surface area contributed by atoms with Crippen molar-refractivity contribution in [1.82, 2.24) is 10.2 Å². The number of carbonyl (C=O) groups is 2. The Morgan fingerprint density at radius 2 is 2.14 bits per heavy atom. The highest BCUT2D eigenvalue weighted by molar-refractivity contribution is 5.89. The first-order chi connectivity index (χ1) is 10.1. The maximum Gasteiger partial charge on any atom is 0.239 e. The van der Waals surface area contributed by atoms with Crippen LogP contribution in [0.4, 0.5) is 5.69 Å². The number of likely N-dealkylation sites (N-methyl/N-ethyl adjacent to an activating group) is 1. The van der Waals surface area contributed by atoms with Gasteiger partial charge in [-0.3, -0.25) is 9.59 Å². The molecule has 2 rings (SSSR count). The first-order valence-corrected chi connectivity index (χ1v) is 7.48. The lowest BCUT2D eigenvalue weighted by atomic mass is 9.90. The lowest BCUT2D eigenvalue weighted by molar-refractivity contribution is -0.136. The zero-order chi connectivity index (χ0) is 15.2. The first kappa shape index (κ1) is 15.4. The maximum absolute atomic E-state index is 12.6. The molecule has 1 atom stereocenters. The van der Waals surface area contributed by atoms with Gasteiger partial charge in [0.15, 0.2) is 0 Å². The highest BCUT2D eigenvalue weighted by atomic mass is 16.2. The monoisotopic (exact) mass is 289 g/mol. The molecule has 1 aromatic carbocycles. The molecule has 0 spiro atoms. The van der Waals surface area contributed by atoms with Gasteiger partial charge in [0.05, 0.1) is 12.5 Å². The van der Waals surface area contributed by atoms with Gasteiger partial charge in [0.2, 0.25) is 11.8 Å². The lowest BCUT2D eigenvalue weighted by Gasteiger charge is -2.29. The van der Waals surface area contributed by atoms with Gasteiger partial charge >= 0.3 is 0 Å². The summed E-state index contributed by atoms with van der Waals surface area (Å²) in [5, 5.41) is 6.10. The Labute approximate surface area is 125 Å². The van der Waals surface area contributed by atoms with Crippen LogP contribution in [0.25, 0.3) is 0 Å². The number of hydrogen-bond acceptors (Lipinski definition) is 3. The SMILES string of the molecule is CCCNC(=O)CN(C)C(=O)C1CCNc2ccccc21. The van der Waals surface area contributed by atoms with Crippen LogP contribution in [-0.4, -0.2) is 43.4 Å². The largest absolute Gasteiger partial charge is 0.385 e. The number of nitrogens with zero attached hydrogens (tertiary/aromatic N) is 1. The van der Waals surface area contributed by atoms with Crippen LogP contribution in [0.1, 0.15) is 31.2 Å². The molecule has 5 nitrogen and oxygen atoms in total. The Hall–Kier alpha value is -2.04. The summed E-state index contributed by atoms with van der Waals surface area (Å²) in [6, 6.07) is 7.87. The summed E-state index contributed by atoms with van der Waals surface area (Å²) in [4.78, 5) is 25.8. The molecule has 2 N–H and O–H groups in total. The molecule has 1 aliphatic rings. The second-order valence-electron chi connectivity index (χ2n) is 5.40. The molecule has 0 bridgehead atoms. The molecule has 5 heteroatoms. The number of fused-ring (bicyclic) bond motifs is 1. The molecule has 114 valence electrons. The van der Waals surface area contributed by atoms with E-state index in [2.05, 4.69) is 10.6 Å². The van der Waals surface area contributed by atoms with E-state index in [1.807, 2.05) is 31.2 Å². The van der Waals surface area contributed by atoms with Crippen LogP contribution in [-0.2, 0) is 9.59 Å². The zero-order valence-electron chi connectivity index (χ0n) is 12.7. The highest BCUT2D eigenvalue weighted by Gasteiger charge is 2.28. The van der Waals surface area contributed by atoms with Gasteiger partial charge in [-0.25, -0.2) is 0 Å². The average Bonchev–Trinajstić information content (AvgIpc) is 2.51. The Kier molecular flexibility index (Phi) is 5.20. The number of benzene rings is 1. The van der Waals surface area contributed by atoms with Crippen molar-refractivity contribution in [3.05, 3.63) is 29.8 Å². The van der Waals surface area contributed by atoms with Crippen LogP contribution < -0.4 is 10.6 Å². The molecule has 1 aliphatic heterocycles. The van der Waals surface area contributed by atoms with Gasteiger partial charge in [-0.15, -0.1) is 0 Å². The Morgan fingerprint density at radius 1 is 1.38 bits per heavy atom. The van der Waals surface area contributed by atoms with Gasteiger partial charge in [0, 0.05) is 25.8 Å². The normalized spacial score (nSPS) is 16.6. The summed E-state index contributed by atoms with van der Waals surface area (Å²) >= 11 is 0. The molecule has 0 saturated carbocycles. The summed E-state index contributed by atoms with van der Waals surface area (Å²) in [5.41, 5.74) is 2.04. The van der Waals surface area contributed by atoms with E-state index in [0.717, 1.165) is 30.6 Å². The summed E-state index contributed by atoms with van der Waals surface area (Å²) in [7, 11) is 1.69. The molecular weight excluding hydrogens is 266 g/mol. The van der Waals surface area contributed by atoms with Gasteiger partial charge in [-0.05, 0) is 24.5 Å². The summed E-state index contributed by atoms with van der Waals surface area (Å²) in [6.07, 6.45) is 1.65. The number of nitrogens with one attached hydrogen (secondary N) is 2. The van der Waals surface area contributed by atoms with Crippen molar-refractivity contribution in [3.63, 3.8) is 0 Å². The minimum atomic E-state index is -0.161. The fourth-order valence-corrected chi connectivity index (χ4v) is 2.60. The van der Waals surface area contributed by atoms with Crippen molar-refractivity contribution in [2.45, 2.75) is 25.7 Å². The Morgan fingerprint density at radius 3 is 2.90 bits per heavy atom. The van der Waals surface area contributed by atoms with Crippen LogP contribution >= 0.6 is 0 Å². The third-order valence-corrected chi connectivity index (χ3v) is 3.71. The third-order valence-electron chi connectivity index (χ3n) is 3.71. The van der Waals surface area contributed by atoms with Crippen molar-refractivity contribution in [1.29, 1.82) is 0 Å². The summed E-state index contributed by atoms with van der Waals surface area (Å²) < 4.78 is 0. The second-order valence-corrected chi connectivity index (χ2v) is 5.40. The highest BCUT2D eigenvalue weighted by Crippen LogP contribution is 2.32. The molecule has 1 heterocycles. The lowest BCUT2D eigenvalue weighted by Crippen LogP contribution is -2.41. The van der Waals surface area contributed by atoms with E-state index in [-0.39, 0.29) is 24.3 Å². The van der Waals surface area contributed by atoms with Crippen LogP contribution in [0, 0.1) is 0 Å². The van der Waals surface area contributed by atoms with E-state index in [1.54, 1.807) is 7.05 Å². The van der Waals surface area contributed by atoms with Crippen molar-refractivity contribution >= 4 is 17.5 Å². The molecular formula is C16H23N3O2. The predicted octanol–water partition coefficient (Wildman–Crippen LogP) is 1.57. The standard InChI is InChI=1S/C16H23N3O2/c1-3-9-18-15(20)11-19(2)16(21)13-8-10-17-14-7-5-4-6-12(13)14/h4-7,13,17H,3,8-11H2,1-2H3,(H,18,20). The zero-order valence-corrected chi connectivity index (χ0v) is 12.7. The molecule has 0 saturated heterocycles. The summed E-state index contributed by atoms with van der Waals surface area (Å²) in [5.74, 6) is -0.253. The number of hydrogen-bond donors (Lipinski definition) is 2. The fraction of sp³-hybridized carbons (Fsp3) is 0.500. The molecule has 0 fully saturated rings. The van der Waals surface area contributed by atoms with E-state index in [1.165, 1.54) is 4.90 Å². The Balaban J connectivity index is 2.02. The molecule has 21 heavy (non-hydrogen) atoms. The van der Waals surface area contributed by atoms with Crippen molar-refractivity contribution in [2.75, 3.05) is 32.0 Å². The van der Waals surface area contributed by atoms with Gasteiger partial charge in [-0.1, -0.05) is 25.1 Å². The average molecular weight is 289 g/mol. The molecule has 1 aromatic rings. The van der Waals surface area contributed by atoms with Gasteiger partial charge < -0.3 is 15.5 Å². The number of para-hydroxylation sites is 1. The predicted molar refractivity (Wildman–Crippen MR) is 83.2 cm³/mol.